The fourth-order valence-corrected chi connectivity index (χ4v) is 7.91. The van der Waals surface area contributed by atoms with Gasteiger partial charge in [0.1, 0.15) is 0 Å². The lowest BCUT2D eigenvalue weighted by atomic mass is 9.83. The summed E-state index contributed by atoms with van der Waals surface area (Å²) in [5.41, 5.74) is 12.6. The van der Waals surface area contributed by atoms with Crippen molar-refractivity contribution in [3.63, 3.8) is 0 Å². The first kappa shape index (κ1) is 35.1. The third-order valence-electron chi connectivity index (χ3n) is 11.0. The predicted octanol–water partition coefficient (Wildman–Crippen LogP) is 15.7. The molecule has 0 bridgehead atoms. The van der Waals surface area contributed by atoms with E-state index in [1.165, 1.54) is 49.0 Å². The lowest BCUT2D eigenvalue weighted by Crippen LogP contribution is -2.19. The van der Waals surface area contributed by atoms with Gasteiger partial charge in [-0.05, 0) is 129 Å². The van der Waals surface area contributed by atoms with Gasteiger partial charge < -0.3 is 9.80 Å². The summed E-state index contributed by atoms with van der Waals surface area (Å²) in [4.78, 5) is 4.95. The summed E-state index contributed by atoms with van der Waals surface area (Å²) in [7, 11) is 0. The van der Waals surface area contributed by atoms with Crippen LogP contribution in [0.1, 0.15) is 37.5 Å². The molecule has 0 aliphatic rings. The molecule has 272 valence electrons. The second kappa shape index (κ2) is 14.2. The number of rotatable bonds is 7. The van der Waals surface area contributed by atoms with E-state index in [2.05, 4.69) is 232 Å². The van der Waals surface area contributed by atoms with Crippen LogP contribution >= 0.6 is 0 Å². The smallest absolute Gasteiger partial charge is 0.0564 e. The third kappa shape index (κ3) is 6.69. The van der Waals surface area contributed by atoms with Gasteiger partial charge in [0.25, 0.3) is 0 Å². The van der Waals surface area contributed by atoms with Gasteiger partial charge in [-0.1, -0.05) is 153 Å². The first-order chi connectivity index (χ1) is 27.2. The van der Waals surface area contributed by atoms with Crippen molar-refractivity contribution in [1.82, 2.24) is 0 Å². The number of nitrogens with zero attached hydrogens (tertiary/aromatic N) is 2. The molecule has 0 amide bonds. The highest BCUT2D eigenvalue weighted by molar-refractivity contribution is 6.03. The molecule has 0 aliphatic heterocycles. The van der Waals surface area contributed by atoms with E-state index in [1.807, 2.05) is 0 Å². The Morgan fingerprint density at radius 2 is 0.696 bits per heavy atom. The molecule has 0 atom stereocenters. The number of aryl methyl sites for hydroxylation is 2. The van der Waals surface area contributed by atoms with Gasteiger partial charge in [0.2, 0.25) is 0 Å². The van der Waals surface area contributed by atoms with Crippen molar-refractivity contribution in [3.8, 4) is 11.1 Å². The zero-order valence-electron chi connectivity index (χ0n) is 32.8. The normalized spacial score (nSPS) is 11.7. The Bertz CT molecular complexity index is 2710. The lowest BCUT2D eigenvalue weighted by molar-refractivity contribution is 0.590. The van der Waals surface area contributed by atoms with Crippen molar-refractivity contribution < 1.29 is 0 Å². The largest absolute Gasteiger partial charge is 0.310 e. The van der Waals surface area contributed by atoms with Crippen LogP contribution < -0.4 is 9.80 Å². The fourth-order valence-electron chi connectivity index (χ4n) is 7.91. The second-order valence-corrected chi connectivity index (χ2v) is 16.1. The number of fused-ring (bicyclic) bond motifs is 3. The Balaban J connectivity index is 1.43. The van der Waals surface area contributed by atoms with E-state index in [0.29, 0.717) is 0 Å². The summed E-state index contributed by atoms with van der Waals surface area (Å²) >= 11 is 0. The van der Waals surface area contributed by atoms with Gasteiger partial charge in [-0.15, -0.1) is 0 Å². The van der Waals surface area contributed by atoms with E-state index < -0.39 is 0 Å². The summed E-state index contributed by atoms with van der Waals surface area (Å²) in [6, 6.07) is 69.5. The Kier molecular flexibility index (Phi) is 8.90. The van der Waals surface area contributed by atoms with Crippen LogP contribution in [-0.4, -0.2) is 0 Å². The molecule has 0 spiro atoms. The van der Waals surface area contributed by atoms with Gasteiger partial charge in [0.15, 0.2) is 0 Å². The highest BCUT2D eigenvalue weighted by Crippen LogP contribution is 2.51. The maximum Gasteiger partial charge on any atom is 0.0564 e. The summed E-state index contributed by atoms with van der Waals surface area (Å²) in [6.45, 7) is 11.3. The van der Waals surface area contributed by atoms with E-state index in [9.17, 15) is 0 Å². The number of anilines is 6. The van der Waals surface area contributed by atoms with Crippen LogP contribution in [0, 0.1) is 13.8 Å². The molecule has 2 nitrogen and oxygen atoms in total. The molecule has 0 radical (unpaired) electrons. The predicted molar refractivity (Wildman–Crippen MR) is 242 cm³/mol. The monoisotopic (exact) mass is 722 g/mol. The Labute approximate surface area is 330 Å². The molecule has 0 aromatic heterocycles. The highest BCUT2D eigenvalue weighted by atomic mass is 15.2. The molecule has 0 saturated heterocycles. The molecular formula is C54H46N2. The molecule has 0 N–H and O–H groups in total. The Hall–Kier alpha value is -6.64. The van der Waals surface area contributed by atoms with Crippen molar-refractivity contribution in [2.24, 2.45) is 0 Å². The third-order valence-corrected chi connectivity index (χ3v) is 11.0. The van der Waals surface area contributed by atoms with Gasteiger partial charge in [0.05, 0.1) is 11.4 Å². The zero-order valence-corrected chi connectivity index (χ0v) is 32.8. The maximum absolute atomic E-state index is 2.48. The molecule has 0 heterocycles. The molecule has 9 aromatic carbocycles. The average Bonchev–Trinajstić information content (AvgIpc) is 3.22. The van der Waals surface area contributed by atoms with Gasteiger partial charge >= 0.3 is 0 Å². The van der Waals surface area contributed by atoms with Gasteiger partial charge in [-0.3, -0.25) is 0 Å². The van der Waals surface area contributed by atoms with Crippen molar-refractivity contribution in [1.29, 1.82) is 0 Å². The molecule has 9 aromatic rings. The minimum atomic E-state index is -0.157. The number of hydrogen-bond donors (Lipinski definition) is 0. The van der Waals surface area contributed by atoms with Crippen molar-refractivity contribution in [3.05, 3.63) is 205 Å². The van der Waals surface area contributed by atoms with Crippen LogP contribution in [0.15, 0.2) is 188 Å². The SMILES string of the molecule is Cc1ccc(N(c2ccc3ccccc3c2)c2cc(C(C)(C)C)cc(N(c3ccc(C)cc3)c3ccc4ccccc4c3)c2-c2ccc3ccccc3c2)cc1. The fraction of sp³-hybridized carbons (Fsp3) is 0.111. The summed E-state index contributed by atoms with van der Waals surface area (Å²) in [5.74, 6) is 0. The van der Waals surface area contributed by atoms with E-state index in [0.717, 1.165) is 45.3 Å². The quantitative estimate of drug-likeness (QED) is 0.162. The second-order valence-electron chi connectivity index (χ2n) is 16.1. The molecule has 2 heteroatoms. The van der Waals surface area contributed by atoms with Crippen molar-refractivity contribution in [2.45, 2.75) is 40.0 Å². The summed E-state index contributed by atoms with van der Waals surface area (Å²) < 4.78 is 0. The molecule has 0 unspecified atom stereocenters. The summed E-state index contributed by atoms with van der Waals surface area (Å²) in [5, 5.41) is 7.29. The molecule has 9 rings (SSSR count). The molecule has 0 aliphatic carbocycles. The minimum absolute atomic E-state index is 0.157. The van der Waals surface area contributed by atoms with Crippen molar-refractivity contribution >= 4 is 66.4 Å². The number of benzene rings is 9. The van der Waals surface area contributed by atoms with Gasteiger partial charge in [-0.2, -0.15) is 0 Å². The van der Waals surface area contributed by atoms with E-state index in [4.69, 9.17) is 0 Å². The lowest BCUT2D eigenvalue weighted by Gasteiger charge is -2.35. The Morgan fingerprint density at radius 3 is 1.11 bits per heavy atom. The molecule has 56 heavy (non-hydrogen) atoms. The standard InChI is InChI=1S/C54H46N2/c1-37-18-26-47(27-19-37)55(49-30-24-40-13-7-10-16-43(40)33-49)51-35-46(54(3,4)5)36-52(53(51)45-23-22-39-12-6-9-15-42(39)32-45)56(48-28-20-38(2)21-29-48)50-31-25-41-14-8-11-17-44(41)34-50/h6-36H,1-5H3. The van der Waals surface area contributed by atoms with Crippen molar-refractivity contribution in [2.75, 3.05) is 9.80 Å². The highest BCUT2D eigenvalue weighted by Gasteiger charge is 2.28. The average molecular weight is 723 g/mol. The maximum atomic E-state index is 2.48. The molecular weight excluding hydrogens is 677 g/mol. The summed E-state index contributed by atoms with van der Waals surface area (Å²) in [6.07, 6.45) is 0. The van der Waals surface area contributed by atoms with Gasteiger partial charge in [-0.25, -0.2) is 0 Å². The van der Waals surface area contributed by atoms with Crippen LogP contribution in [0.2, 0.25) is 0 Å². The molecule has 0 fully saturated rings. The first-order valence-electron chi connectivity index (χ1n) is 19.6. The van der Waals surface area contributed by atoms with E-state index in [1.54, 1.807) is 0 Å². The van der Waals surface area contributed by atoms with E-state index >= 15 is 0 Å². The zero-order chi connectivity index (χ0) is 38.4. The van der Waals surface area contributed by atoms with Crippen LogP contribution in [0.3, 0.4) is 0 Å². The Morgan fingerprint density at radius 1 is 0.339 bits per heavy atom. The van der Waals surface area contributed by atoms with Crippen LogP contribution in [0.4, 0.5) is 34.1 Å². The molecule has 0 saturated carbocycles. The number of hydrogen-bond acceptors (Lipinski definition) is 2. The van der Waals surface area contributed by atoms with Crippen LogP contribution in [-0.2, 0) is 5.41 Å². The van der Waals surface area contributed by atoms with Gasteiger partial charge in [0, 0.05) is 28.3 Å². The van der Waals surface area contributed by atoms with Crippen LogP contribution in [0.25, 0.3) is 43.4 Å². The topological polar surface area (TPSA) is 6.48 Å². The van der Waals surface area contributed by atoms with Crippen LogP contribution in [0.5, 0.6) is 0 Å². The minimum Gasteiger partial charge on any atom is -0.310 e. The first-order valence-corrected chi connectivity index (χ1v) is 19.6. The van der Waals surface area contributed by atoms with E-state index in [-0.39, 0.29) is 5.41 Å².